The molecule has 0 aromatic rings. The second kappa shape index (κ2) is 11.3. The second-order valence-electron chi connectivity index (χ2n) is 17.9. The fourth-order valence-corrected chi connectivity index (χ4v) is 11.7. The molecule has 3 saturated carbocycles. The first-order valence-electron chi connectivity index (χ1n) is 17.5. The van der Waals surface area contributed by atoms with Crippen LogP contribution >= 0.6 is 0 Å². The molecule has 47 heavy (non-hydrogen) atoms. The van der Waals surface area contributed by atoms with Gasteiger partial charge < -0.3 is 50.0 Å². The van der Waals surface area contributed by atoms with E-state index in [1.54, 1.807) is 13.8 Å². The Hall–Kier alpha value is -0.990. The number of aliphatic hydroxyl groups is 7. The summed E-state index contributed by atoms with van der Waals surface area (Å²) in [6, 6.07) is 0. The molecule has 5 unspecified atom stereocenters. The van der Waals surface area contributed by atoms with E-state index in [9.17, 15) is 40.5 Å². The fraction of sp³-hybridized carbons (Fsp3) is 0.917. The molecule has 268 valence electrons. The van der Waals surface area contributed by atoms with Crippen molar-refractivity contribution in [3.63, 3.8) is 0 Å². The van der Waals surface area contributed by atoms with Crippen molar-refractivity contribution in [3.8, 4) is 0 Å². The molecule has 0 spiro atoms. The number of ether oxygens (including phenoxy) is 3. The lowest BCUT2D eigenvalue weighted by molar-refractivity contribution is -0.323. The van der Waals surface area contributed by atoms with Crippen LogP contribution in [0, 0.1) is 39.4 Å². The predicted octanol–water partition coefficient (Wildman–Crippen LogP) is 1.61. The van der Waals surface area contributed by atoms with E-state index in [2.05, 4.69) is 19.9 Å². The van der Waals surface area contributed by atoms with Crippen LogP contribution in [-0.4, -0.2) is 114 Å². The lowest BCUT2D eigenvalue weighted by atomic mass is 9.38. The van der Waals surface area contributed by atoms with E-state index in [-0.39, 0.29) is 42.5 Å². The van der Waals surface area contributed by atoms with Crippen molar-refractivity contribution in [1.82, 2.24) is 0 Å². The number of ketones is 1. The molecule has 11 nitrogen and oxygen atoms in total. The van der Waals surface area contributed by atoms with E-state index in [4.69, 9.17) is 14.2 Å². The third-order valence-electron chi connectivity index (χ3n) is 14.5. The molecular weight excluding hydrogens is 608 g/mol. The standard InChI is InChI=1S/C36H58O11/c1-31(2)17-9-10-22-33(5)14-19(38)28(35(7)12-11-24(47-35)32(3,4)44)34(33,6)15-23(39)36(22,8)18(17)13-20(29(31)43)45-30-27(42)26(41)25(40)21(16-37)46-30/h9,18-22,24-30,37-38,40-44H,10-16H2,1-8H3/t18?,19-,20+,21-,22?,24?,25-,26+,27-,28?,29+,30-,33+,34-,35?,36+/m1/s1. The van der Waals surface area contributed by atoms with Crippen molar-refractivity contribution in [2.75, 3.05) is 6.61 Å². The highest BCUT2D eigenvalue weighted by atomic mass is 16.7. The highest BCUT2D eigenvalue weighted by Crippen LogP contribution is 2.75. The molecule has 5 fully saturated rings. The quantitative estimate of drug-likeness (QED) is 0.211. The Balaban J connectivity index is 1.34. The van der Waals surface area contributed by atoms with Crippen LogP contribution in [0.5, 0.6) is 0 Å². The van der Waals surface area contributed by atoms with Crippen molar-refractivity contribution in [2.45, 2.75) is 160 Å². The van der Waals surface area contributed by atoms with Gasteiger partial charge in [-0.15, -0.1) is 0 Å². The molecule has 0 bridgehead atoms. The summed E-state index contributed by atoms with van der Waals surface area (Å²) >= 11 is 0. The maximum absolute atomic E-state index is 14.8. The molecule has 11 heteroatoms. The van der Waals surface area contributed by atoms with Crippen LogP contribution in [0.3, 0.4) is 0 Å². The molecule has 0 radical (unpaired) electrons. The van der Waals surface area contributed by atoms with Crippen molar-refractivity contribution >= 4 is 5.78 Å². The maximum Gasteiger partial charge on any atom is 0.187 e. The first kappa shape index (κ1) is 35.8. The average molecular weight is 667 g/mol. The molecule has 6 rings (SSSR count). The first-order chi connectivity index (χ1) is 21.6. The summed E-state index contributed by atoms with van der Waals surface area (Å²) in [5.74, 6) is -0.629. The Bertz CT molecular complexity index is 1280. The maximum atomic E-state index is 14.8. The highest BCUT2D eigenvalue weighted by Gasteiger charge is 2.75. The van der Waals surface area contributed by atoms with Gasteiger partial charge in [-0.2, -0.15) is 0 Å². The summed E-state index contributed by atoms with van der Waals surface area (Å²) < 4.78 is 18.5. The van der Waals surface area contributed by atoms with Crippen molar-refractivity contribution < 1.29 is 54.8 Å². The van der Waals surface area contributed by atoms with Crippen LogP contribution < -0.4 is 0 Å². The highest BCUT2D eigenvalue weighted by molar-refractivity contribution is 5.88. The Morgan fingerprint density at radius 3 is 2.23 bits per heavy atom. The van der Waals surface area contributed by atoms with E-state index in [1.807, 2.05) is 27.7 Å². The number of rotatable bonds is 5. The summed E-state index contributed by atoms with van der Waals surface area (Å²) in [5.41, 5.74) is -3.38. The van der Waals surface area contributed by atoms with Gasteiger partial charge in [0.1, 0.15) is 30.2 Å². The molecule has 2 aliphatic heterocycles. The number of hydrogen-bond acceptors (Lipinski definition) is 11. The number of Topliss-reactive ketones (excluding diaryl/α,β-unsaturated/α-hetero) is 1. The molecular formula is C36H58O11. The summed E-state index contributed by atoms with van der Waals surface area (Å²) in [6.45, 7) is 15.2. The number of aliphatic hydroxyl groups excluding tert-OH is 6. The number of allylic oxidation sites excluding steroid dienone is 1. The molecule has 2 saturated heterocycles. The smallest absolute Gasteiger partial charge is 0.187 e. The Kier molecular flexibility index (Phi) is 8.58. The Morgan fingerprint density at radius 2 is 1.64 bits per heavy atom. The molecule has 7 N–H and O–H groups in total. The number of carbonyl (C=O) groups is 1. The van der Waals surface area contributed by atoms with Gasteiger partial charge >= 0.3 is 0 Å². The number of hydrogen-bond donors (Lipinski definition) is 7. The van der Waals surface area contributed by atoms with Gasteiger partial charge in [-0.1, -0.05) is 46.3 Å². The van der Waals surface area contributed by atoms with Crippen LogP contribution in [0.4, 0.5) is 0 Å². The molecule has 16 atom stereocenters. The fourth-order valence-electron chi connectivity index (χ4n) is 11.7. The van der Waals surface area contributed by atoms with Gasteiger partial charge in [0.2, 0.25) is 0 Å². The molecule has 0 aromatic carbocycles. The summed E-state index contributed by atoms with van der Waals surface area (Å²) in [5, 5.41) is 75.4. The SMILES string of the molecule is CC(C)(O)C1CCC(C)(C2[C@H](O)C[C@@]3(C)C4CC=C5C(C[C@H](O[C@@H]6O[C@H](CO)[C@@H](O)[C@H](O)[C@H]6O)[C@H](O)C5(C)C)[C@]4(C)C(=O)C[C@]23C)O1. The predicted molar refractivity (Wildman–Crippen MR) is 170 cm³/mol. The van der Waals surface area contributed by atoms with Gasteiger partial charge in [0.05, 0.1) is 42.2 Å². The minimum atomic E-state index is -1.62. The first-order valence-corrected chi connectivity index (χ1v) is 17.5. The lowest BCUT2D eigenvalue weighted by Gasteiger charge is -2.65. The monoisotopic (exact) mass is 666 g/mol. The van der Waals surface area contributed by atoms with E-state index in [1.165, 1.54) is 0 Å². The van der Waals surface area contributed by atoms with Gasteiger partial charge in [0.15, 0.2) is 6.29 Å². The van der Waals surface area contributed by atoms with Gasteiger partial charge in [0, 0.05) is 23.2 Å². The topological polar surface area (TPSA) is 186 Å². The lowest BCUT2D eigenvalue weighted by Crippen LogP contribution is -2.66. The third-order valence-corrected chi connectivity index (χ3v) is 14.5. The van der Waals surface area contributed by atoms with Crippen LogP contribution in [0.15, 0.2) is 11.6 Å². The van der Waals surface area contributed by atoms with Crippen molar-refractivity contribution in [3.05, 3.63) is 11.6 Å². The zero-order valence-electron chi connectivity index (χ0n) is 29.2. The van der Waals surface area contributed by atoms with Gasteiger partial charge in [-0.3, -0.25) is 4.79 Å². The molecule has 0 amide bonds. The van der Waals surface area contributed by atoms with Crippen molar-refractivity contribution in [1.29, 1.82) is 0 Å². The van der Waals surface area contributed by atoms with E-state index < -0.39 is 88.5 Å². The normalized spacial score (nSPS) is 54.4. The van der Waals surface area contributed by atoms with Crippen LogP contribution in [-0.2, 0) is 19.0 Å². The molecule has 4 aliphatic carbocycles. The van der Waals surface area contributed by atoms with E-state index in [0.717, 1.165) is 5.57 Å². The molecule has 2 heterocycles. The van der Waals surface area contributed by atoms with E-state index >= 15 is 0 Å². The largest absolute Gasteiger partial charge is 0.394 e. The van der Waals surface area contributed by atoms with Gasteiger partial charge in [0.25, 0.3) is 0 Å². The van der Waals surface area contributed by atoms with Gasteiger partial charge in [-0.05, 0) is 75.5 Å². The Labute approximate surface area is 278 Å². The van der Waals surface area contributed by atoms with Crippen LogP contribution in [0.2, 0.25) is 0 Å². The zero-order valence-corrected chi connectivity index (χ0v) is 29.2. The number of carbonyl (C=O) groups excluding carboxylic acids is 1. The second-order valence-corrected chi connectivity index (χ2v) is 17.9. The van der Waals surface area contributed by atoms with E-state index in [0.29, 0.717) is 25.7 Å². The molecule has 6 aliphatic rings. The summed E-state index contributed by atoms with van der Waals surface area (Å²) in [7, 11) is 0. The van der Waals surface area contributed by atoms with Gasteiger partial charge in [-0.25, -0.2) is 0 Å². The number of fused-ring (bicyclic) bond motifs is 5. The minimum Gasteiger partial charge on any atom is -0.394 e. The van der Waals surface area contributed by atoms with Crippen molar-refractivity contribution in [2.24, 2.45) is 39.4 Å². The third kappa shape index (κ3) is 4.93. The minimum absolute atomic E-state index is 0.108. The van der Waals surface area contributed by atoms with Crippen LogP contribution in [0.1, 0.15) is 93.9 Å². The zero-order chi connectivity index (χ0) is 34.9. The summed E-state index contributed by atoms with van der Waals surface area (Å²) in [6.07, 6.45) is -5.09. The average Bonchev–Trinajstić information content (AvgIpc) is 3.47. The summed E-state index contributed by atoms with van der Waals surface area (Å²) in [4.78, 5) is 14.8. The molecule has 0 aromatic heterocycles. The Morgan fingerprint density at radius 1 is 0.979 bits per heavy atom. The van der Waals surface area contributed by atoms with Crippen LogP contribution in [0.25, 0.3) is 0 Å².